The number of hydrogen-bond donors (Lipinski definition) is 1. The first-order valence-electron chi connectivity index (χ1n) is 6.78. The molecule has 0 fully saturated rings. The molecule has 1 aliphatic heterocycles. The lowest BCUT2D eigenvalue weighted by molar-refractivity contribution is 1.18. The molecule has 0 saturated carbocycles. The third kappa shape index (κ3) is 3.99. The van der Waals surface area contributed by atoms with Gasteiger partial charge in [-0.3, -0.25) is 4.99 Å². The van der Waals surface area contributed by atoms with E-state index in [9.17, 15) is 0 Å². The zero-order chi connectivity index (χ0) is 14.5. The predicted octanol–water partition coefficient (Wildman–Crippen LogP) is 5.05. The molecule has 0 unspecified atom stereocenters. The quantitative estimate of drug-likeness (QED) is 0.826. The molecule has 0 bridgehead atoms. The molecule has 0 saturated heterocycles. The summed E-state index contributed by atoms with van der Waals surface area (Å²) in [6.07, 6.45) is 2.13. The molecule has 3 rings (SSSR count). The van der Waals surface area contributed by atoms with E-state index in [-0.39, 0.29) is 0 Å². The fourth-order valence-corrected chi connectivity index (χ4v) is 3.10. The summed E-state index contributed by atoms with van der Waals surface area (Å²) in [4.78, 5) is 4.51. The third-order valence-corrected chi connectivity index (χ3v) is 4.54. The van der Waals surface area contributed by atoms with Crippen LogP contribution in [0, 0.1) is 0 Å². The lowest BCUT2D eigenvalue weighted by Crippen LogP contribution is -2.01. The van der Waals surface area contributed by atoms with E-state index in [1.54, 1.807) is 11.8 Å². The van der Waals surface area contributed by atoms with Crippen molar-refractivity contribution < 1.29 is 0 Å². The minimum atomic E-state index is 0.914. The van der Waals surface area contributed by atoms with E-state index in [0.29, 0.717) is 0 Å². The van der Waals surface area contributed by atoms with E-state index in [0.717, 1.165) is 38.8 Å². The molecule has 0 aromatic heterocycles. The Morgan fingerprint density at radius 1 is 1.10 bits per heavy atom. The summed E-state index contributed by atoms with van der Waals surface area (Å²) in [5.41, 5.74) is 3.30. The lowest BCUT2D eigenvalue weighted by Gasteiger charge is -2.12. The fraction of sp³-hybridized carbons (Fsp3) is 0.118. The summed E-state index contributed by atoms with van der Waals surface area (Å²) >= 11 is 5.27. The van der Waals surface area contributed by atoms with Crippen LogP contribution in [-0.2, 0) is 0 Å². The number of thioether (sulfide) groups is 1. The van der Waals surface area contributed by atoms with E-state index >= 15 is 0 Å². The zero-order valence-electron chi connectivity index (χ0n) is 11.4. The standard InChI is InChI=1S/C17H15BrN2S/c18-14-6-8-15(9-7-14)20-16(12-17-19-10-11-21-17)13-4-2-1-3-5-13/h1-9,12,20H,10-11H2. The van der Waals surface area contributed by atoms with Crippen LogP contribution in [0.25, 0.3) is 5.70 Å². The molecule has 2 nitrogen and oxygen atoms in total. The van der Waals surface area contributed by atoms with E-state index < -0.39 is 0 Å². The summed E-state index contributed by atoms with van der Waals surface area (Å²) in [5.74, 6) is 1.08. The molecular weight excluding hydrogens is 344 g/mol. The monoisotopic (exact) mass is 358 g/mol. The van der Waals surface area contributed by atoms with Gasteiger partial charge in [0.15, 0.2) is 0 Å². The maximum atomic E-state index is 4.51. The average Bonchev–Trinajstić information content (AvgIpc) is 3.03. The first-order chi connectivity index (χ1) is 10.3. The van der Waals surface area contributed by atoms with Gasteiger partial charge in [-0.1, -0.05) is 46.3 Å². The van der Waals surface area contributed by atoms with Gasteiger partial charge in [0.2, 0.25) is 0 Å². The molecule has 0 radical (unpaired) electrons. The second-order valence-electron chi connectivity index (χ2n) is 4.62. The minimum absolute atomic E-state index is 0.914. The second kappa shape index (κ2) is 6.96. The highest BCUT2D eigenvalue weighted by atomic mass is 79.9. The molecule has 2 aromatic carbocycles. The van der Waals surface area contributed by atoms with Crippen LogP contribution in [0.2, 0.25) is 0 Å². The number of anilines is 1. The maximum Gasteiger partial charge on any atom is 0.0926 e. The van der Waals surface area contributed by atoms with Gasteiger partial charge in [0.1, 0.15) is 0 Å². The predicted molar refractivity (Wildman–Crippen MR) is 96.9 cm³/mol. The number of benzene rings is 2. The number of nitrogens with zero attached hydrogens (tertiary/aromatic N) is 1. The SMILES string of the molecule is Brc1ccc(NC(=CC2=NCCS2)c2ccccc2)cc1. The number of hydrogen-bond acceptors (Lipinski definition) is 3. The highest BCUT2D eigenvalue weighted by molar-refractivity contribution is 9.10. The van der Waals surface area contributed by atoms with Gasteiger partial charge in [0.25, 0.3) is 0 Å². The smallest absolute Gasteiger partial charge is 0.0926 e. The molecule has 0 atom stereocenters. The fourth-order valence-electron chi connectivity index (χ4n) is 2.06. The van der Waals surface area contributed by atoms with Crippen LogP contribution in [0.4, 0.5) is 5.69 Å². The van der Waals surface area contributed by atoms with E-state index in [2.05, 4.69) is 68.7 Å². The van der Waals surface area contributed by atoms with Gasteiger partial charge in [0.05, 0.1) is 5.04 Å². The Hall–Kier alpha value is -1.52. The molecule has 4 heteroatoms. The molecule has 0 amide bonds. The second-order valence-corrected chi connectivity index (χ2v) is 6.66. The summed E-state index contributed by atoms with van der Waals surface area (Å²) in [6, 6.07) is 18.5. The van der Waals surface area contributed by atoms with E-state index in [1.807, 2.05) is 18.2 Å². The first-order valence-corrected chi connectivity index (χ1v) is 8.56. The largest absolute Gasteiger partial charge is 0.355 e. The van der Waals surface area contributed by atoms with Crippen LogP contribution in [0.1, 0.15) is 5.56 Å². The molecule has 1 heterocycles. The Balaban J connectivity index is 1.90. The highest BCUT2D eigenvalue weighted by Crippen LogP contribution is 2.23. The molecule has 106 valence electrons. The van der Waals surface area contributed by atoms with Crippen molar-refractivity contribution in [3.05, 3.63) is 70.7 Å². The van der Waals surface area contributed by atoms with Crippen molar-refractivity contribution in [2.24, 2.45) is 4.99 Å². The average molecular weight is 359 g/mol. The van der Waals surface area contributed by atoms with Gasteiger partial charge in [0, 0.05) is 28.2 Å². The van der Waals surface area contributed by atoms with Crippen LogP contribution in [-0.4, -0.2) is 17.3 Å². The lowest BCUT2D eigenvalue weighted by atomic mass is 10.1. The van der Waals surface area contributed by atoms with Crippen LogP contribution < -0.4 is 5.32 Å². The van der Waals surface area contributed by atoms with Gasteiger partial charge in [-0.05, 0) is 35.9 Å². The molecule has 21 heavy (non-hydrogen) atoms. The van der Waals surface area contributed by atoms with Crippen LogP contribution in [0.15, 0.2) is 70.1 Å². The highest BCUT2D eigenvalue weighted by Gasteiger charge is 2.08. The van der Waals surface area contributed by atoms with Crippen LogP contribution >= 0.6 is 27.7 Å². The summed E-state index contributed by atoms with van der Waals surface area (Å²) in [5, 5.41) is 4.59. The first kappa shape index (κ1) is 14.4. The Morgan fingerprint density at radius 2 is 1.86 bits per heavy atom. The van der Waals surface area contributed by atoms with Gasteiger partial charge >= 0.3 is 0 Å². The van der Waals surface area contributed by atoms with Crippen molar-refractivity contribution in [1.29, 1.82) is 0 Å². The molecule has 0 spiro atoms. The molecule has 0 aliphatic carbocycles. The van der Waals surface area contributed by atoms with Crippen molar-refractivity contribution in [2.75, 3.05) is 17.6 Å². The number of rotatable bonds is 4. The minimum Gasteiger partial charge on any atom is -0.355 e. The van der Waals surface area contributed by atoms with Crippen molar-refractivity contribution in [3.63, 3.8) is 0 Å². The summed E-state index contributed by atoms with van der Waals surface area (Å²) < 4.78 is 1.08. The van der Waals surface area contributed by atoms with Crippen molar-refractivity contribution >= 4 is 44.1 Å². The number of halogens is 1. The maximum absolute atomic E-state index is 4.51. The molecule has 2 aromatic rings. The van der Waals surface area contributed by atoms with Crippen LogP contribution in [0.3, 0.4) is 0 Å². The van der Waals surface area contributed by atoms with Gasteiger partial charge in [-0.2, -0.15) is 0 Å². The Bertz CT molecular complexity index is 663. The van der Waals surface area contributed by atoms with Crippen molar-refractivity contribution in [3.8, 4) is 0 Å². The van der Waals surface area contributed by atoms with Crippen molar-refractivity contribution in [1.82, 2.24) is 0 Å². The van der Waals surface area contributed by atoms with Crippen molar-refractivity contribution in [2.45, 2.75) is 0 Å². The molecule has 1 aliphatic rings. The van der Waals surface area contributed by atoms with Gasteiger partial charge in [-0.25, -0.2) is 0 Å². The number of aliphatic imine (C=N–C) groups is 1. The summed E-state index contributed by atoms with van der Waals surface area (Å²) in [6.45, 7) is 0.914. The Labute approximate surface area is 137 Å². The van der Waals surface area contributed by atoms with Crippen LogP contribution in [0.5, 0.6) is 0 Å². The number of nitrogens with one attached hydrogen (secondary N) is 1. The van der Waals surface area contributed by atoms with Gasteiger partial charge < -0.3 is 5.32 Å². The topological polar surface area (TPSA) is 24.4 Å². The third-order valence-electron chi connectivity index (χ3n) is 3.08. The van der Waals surface area contributed by atoms with E-state index in [1.165, 1.54) is 0 Å². The molecule has 1 N–H and O–H groups in total. The Morgan fingerprint density at radius 3 is 2.52 bits per heavy atom. The van der Waals surface area contributed by atoms with E-state index in [4.69, 9.17) is 0 Å². The molecular formula is C17H15BrN2S. The van der Waals surface area contributed by atoms with Gasteiger partial charge in [-0.15, -0.1) is 11.8 Å². The zero-order valence-corrected chi connectivity index (χ0v) is 13.8. The summed E-state index contributed by atoms with van der Waals surface area (Å²) in [7, 11) is 0. The Kier molecular flexibility index (Phi) is 4.78. The normalized spacial score (nSPS) is 14.9.